The molecule has 0 radical (unpaired) electrons. The van der Waals surface area contributed by atoms with Gasteiger partial charge in [0.25, 0.3) is 0 Å². The molecule has 1 heterocycles. The molecule has 6 nitrogen and oxygen atoms in total. The molecule has 0 unspecified atom stereocenters. The molecule has 0 bridgehead atoms. The first-order valence-electron chi connectivity index (χ1n) is 8.53. The summed E-state index contributed by atoms with van der Waals surface area (Å²) < 4.78 is 10.8. The van der Waals surface area contributed by atoms with E-state index in [0.29, 0.717) is 13.0 Å². The van der Waals surface area contributed by atoms with Gasteiger partial charge in [0.15, 0.2) is 0 Å². The number of amides is 2. The van der Waals surface area contributed by atoms with Gasteiger partial charge >= 0.3 is 6.03 Å². The second-order valence-corrected chi connectivity index (χ2v) is 6.55. The Balaban J connectivity index is 1.74. The monoisotopic (exact) mass is 345 g/mol. The second kappa shape index (κ2) is 8.55. The highest BCUT2D eigenvalue weighted by Crippen LogP contribution is 2.14. The first-order chi connectivity index (χ1) is 11.8. The number of carbonyl (C=O) groups is 1. The van der Waals surface area contributed by atoms with Crippen LogP contribution in [-0.2, 0) is 6.42 Å². The number of nitrogens with zero attached hydrogens (tertiary/aromatic N) is 1. The topological polar surface area (TPSA) is 76.4 Å². The normalized spacial score (nSPS) is 13.2. The average molecular weight is 345 g/mol. The molecule has 2 rings (SSSR count). The van der Waals surface area contributed by atoms with Gasteiger partial charge < -0.3 is 19.9 Å². The lowest BCUT2D eigenvalue weighted by atomic mass is 10.1. The summed E-state index contributed by atoms with van der Waals surface area (Å²) in [4.78, 5) is 12.1. The van der Waals surface area contributed by atoms with Gasteiger partial charge in [-0.3, -0.25) is 0 Å². The van der Waals surface area contributed by atoms with Crippen LogP contribution in [0.4, 0.5) is 4.79 Å². The summed E-state index contributed by atoms with van der Waals surface area (Å²) in [5.74, 6) is 1.60. The van der Waals surface area contributed by atoms with Crippen LogP contribution in [0.3, 0.4) is 0 Å². The molecular weight excluding hydrogens is 318 g/mol. The maximum Gasteiger partial charge on any atom is 0.315 e. The van der Waals surface area contributed by atoms with Crippen LogP contribution >= 0.6 is 0 Å². The van der Waals surface area contributed by atoms with Gasteiger partial charge in [-0.25, -0.2) is 4.79 Å². The fraction of sp³-hybridized carbons (Fsp3) is 0.474. The summed E-state index contributed by atoms with van der Waals surface area (Å²) in [5, 5.41) is 9.76. The van der Waals surface area contributed by atoms with Crippen molar-refractivity contribution in [1.82, 2.24) is 15.8 Å². The van der Waals surface area contributed by atoms with Crippen molar-refractivity contribution >= 4 is 6.03 Å². The van der Waals surface area contributed by atoms with Gasteiger partial charge in [-0.2, -0.15) is 0 Å². The minimum atomic E-state index is -0.209. The largest absolute Gasteiger partial charge is 0.491 e. The van der Waals surface area contributed by atoms with Crippen LogP contribution in [0, 0.1) is 20.8 Å². The summed E-state index contributed by atoms with van der Waals surface area (Å²) in [7, 11) is 0. The lowest BCUT2D eigenvalue weighted by Crippen LogP contribution is -2.46. The van der Waals surface area contributed by atoms with E-state index in [4.69, 9.17) is 9.26 Å². The van der Waals surface area contributed by atoms with Gasteiger partial charge in [-0.05, 0) is 53.2 Å². The Morgan fingerprint density at radius 1 is 1.12 bits per heavy atom. The van der Waals surface area contributed by atoms with Crippen molar-refractivity contribution in [2.24, 2.45) is 0 Å². The number of rotatable bonds is 7. The van der Waals surface area contributed by atoms with E-state index in [1.54, 1.807) is 0 Å². The predicted molar refractivity (Wildman–Crippen MR) is 96.9 cm³/mol. The predicted octanol–water partition coefficient (Wildman–Crippen LogP) is 3.30. The maximum absolute atomic E-state index is 12.1. The fourth-order valence-corrected chi connectivity index (χ4v) is 2.54. The van der Waals surface area contributed by atoms with Crippen molar-refractivity contribution in [2.45, 2.75) is 53.1 Å². The molecule has 0 saturated heterocycles. The van der Waals surface area contributed by atoms with E-state index in [2.05, 4.69) is 15.8 Å². The molecule has 0 aliphatic carbocycles. The number of urea groups is 1. The van der Waals surface area contributed by atoms with Crippen molar-refractivity contribution in [1.29, 1.82) is 0 Å². The van der Waals surface area contributed by atoms with Crippen LogP contribution in [0.15, 0.2) is 28.8 Å². The summed E-state index contributed by atoms with van der Waals surface area (Å²) in [5.41, 5.74) is 3.10. The summed E-state index contributed by atoms with van der Waals surface area (Å²) in [6.07, 6.45) is 0.683. The van der Waals surface area contributed by atoms with Crippen LogP contribution in [0.2, 0.25) is 0 Å². The number of hydrogen-bond donors (Lipinski definition) is 2. The van der Waals surface area contributed by atoms with Gasteiger partial charge in [-0.15, -0.1) is 0 Å². The Bertz CT molecular complexity index is 675. The van der Waals surface area contributed by atoms with E-state index >= 15 is 0 Å². The van der Waals surface area contributed by atoms with Crippen molar-refractivity contribution in [3.05, 3.63) is 46.8 Å². The molecule has 2 aromatic rings. The Morgan fingerprint density at radius 2 is 1.76 bits per heavy atom. The van der Waals surface area contributed by atoms with Crippen LogP contribution in [0.5, 0.6) is 5.75 Å². The van der Waals surface area contributed by atoms with Crippen LogP contribution < -0.4 is 15.4 Å². The summed E-state index contributed by atoms with van der Waals surface area (Å²) in [6, 6.07) is 7.50. The zero-order chi connectivity index (χ0) is 18.4. The number of aromatic nitrogens is 1. The molecule has 0 spiro atoms. The molecule has 1 aromatic carbocycles. The molecule has 0 aliphatic heterocycles. The lowest BCUT2D eigenvalue weighted by molar-refractivity contribution is 0.223. The van der Waals surface area contributed by atoms with E-state index < -0.39 is 0 Å². The maximum atomic E-state index is 12.1. The molecule has 25 heavy (non-hydrogen) atoms. The lowest BCUT2D eigenvalue weighted by Gasteiger charge is -2.18. The molecule has 136 valence electrons. The van der Waals surface area contributed by atoms with E-state index in [0.717, 1.165) is 22.8 Å². The second-order valence-electron chi connectivity index (χ2n) is 6.55. The Kier molecular flexibility index (Phi) is 6.44. The summed E-state index contributed by atoms with van der Waals surface area (Å²) >= 11 is 0. The number of hydrogen-bond acceptors (Lipinski definition) is 4. The standard InChI is InChI=1S/C19H27N3O3/c1-12-6-8-17(9-7-12)24-11-14(3)21-19(23)20-13(2)10-18-15(4)22-25-16(18)5/h6-9,13-14H,10-11H2,1-5H3,(H2,20,21,23)/t13-,14-/m0/s1. The summed E-state index contributed by atoms with van der Waals surface area (Å²) in [6.45, 7) is 10.1. The number of carbonyl (C=O) groups excluding carboxylic acids is 1. The Morgan fingerprint density at radius 3 is 2.36 bits per heavy atom. The molecule has 0 saturated carbocycles. The molecule has 2 N–H and O–H groups in total. The minimum Gasteiger partial charge on any atom is -0.491 e. The zero-order valence-corrected chi connectivity index (χ0v) is 15.6. The van der Waals surface area contributed by atoms with Gasteiger partial charge in [-0.1, -0.05) is 22.9 Å². The smallest absolute Gasteiger partial charge is 0.315 e. The highest BCUT2D eigenvalue weighted by molar-refractivity contribution is 5.74. The Labute approximate surface area is 148 Å². The number of benzene rings is 1. The SMILES string of the molecule is Cc1ccc(OC[C@H](C)NC(=O)N[C@@H](C)Cc2c(C)noc2C)cc1. The van der Waals surface area contributed by atoms with Gasteiger partial charge in [0.2, 0.25) is 0 Å². The third-order valence-electron chi connectivity index (χ3n) is 3.97. The van der Waals surface area contributed by atoms with Crippen molar-refractivity contribution in [3.8, 4) is 5.75 Å². The Hall–Kier alpha value is -2.50. The third kappa shape index (κ3) is 5.81. The number of aryl methyl sites for hydroxylation is 3. The van der Waals surface area contributed by atoms with Crippen molar-refractivity contribution in [3.63, 3.8) is 0 Å². The van der Waals surface area contributed by atoms with E-state index in [-0.39, 0.29) is 18.1 Å². The number of nitrogens with one attached hydrogen (secondary N) is 2. The highest BCUT2D eigenvalue weighted by atomic mass is 16.5. The molecule has 0 fully saturated rings. The molecule has 2 atom stereocenters. The highest BCUT2D eigenvalue weighted by Gasteiger charge is 2.15. The molecule has 6 heteroatoms. The third-order valence-corrected chi connectivity index (χ3v) is 3.97. The fourth-order valence-electron chi connectivity index (χ4n) is 2.54. The molecule has 1 aromatic heterocycles. The minimum absolute atomic E-state index is 0.0259. The van der Waals surface area contributed by atoms with E-state index in [9.17, 15) is 4.79 Å². The van der Waals surface area contributed by atoms with Gasteiger partial charge in [0, 0.05) is 11.6 Å². The average Bonchev–Trinajstić information content (AvgIpc) is 2.86. The molecule has 2 amide bonds. The quantitative estimate of drug-likeness (QED) is 0.807. The van der Waals surface area contributed by atoms with Crippen LogP contribution in [0.25, 0.3) is 0 Å². The zero-order valence-electron chi connectivity index (χ0n) is 15.6. The van der Waals surface area contributed by atoms with Crippen molar-refractivity contribution in [2.75, 3.05) is 6.61 Å². The van der Waals surface area contributed by atoms with E-state index in [1.165, 1.54) is 5.56 Å². The molecular formula is C19H27N3O3. The van der Waals surface area contributed by atoms with Gasteiger partial charge in [0.05, 0.1) is 11.7 Å². The van der Waals surface area contributed by atoms with Crippen molar-refractivity contribution < 1.29 is 14.1 Å². The van der Waals surface area contributed by atoms with E-state index in [1.807, 2.05) is 58.9 Å². The van der Waals surface area contributed by atoms with Gasteiger partial charge in [0.1, 0.15) is 18.1 Å². The first-order valence-corrected chi connectivity index (χ1v) is 8.53. The van der Waals surface area contributed by atoms with Crippen LogP contribution in [0.1, 0.15) is 36.4 Å². The molecule has 0 aliphatic rings. The first kappa shape index (κ1) is 18.8. The van der Waals surface area contributed by atoms with Crippen LogP contribution in [-0.4, -0.2) is 29.9 Å². The number of ether oxygens (including phenoxy) is 1.